The van der Waals surface area contributed by atoms with Gasteiger partial charge in [0, 0.05) is 24.3 Å². The number of benzene rings is 2. The number of fused-ring (bicyclic) bond motifs is 2. The van der Waals surface area contributed by atoms with Gasteiger partial charge in [-0.15, -0.1) is 0 Å². The molecule has 0 fully saturated rings. The second-order valence-electron chi connectivity index (χ2n) is 6.81. The van der Waals surface area contributed by atoms with Crippen LogP contribution in [0.2, 0.25) is 0 Å². The summed E-state index contributed by atoms with van der Waals surface area (Å²) in [6.07, 6.45) is 3.26. The fraction of sp³-hybridized carbons (Fsp3) is 0.0870. The van der Waals surface area contributed by atoms with Crippen molar-refractivity contribution in [2.45, 2.75) is 6.54 Å². The Hall–Kier alpha value is -4.13. The van der Waals surface area contributed by atoms with Crippen LogP contribution in [-0.4, -0.2) is 22.7 Å². The number of nitrogens with zero attached hydrogens (tertiary/aromatic N) is 2. The van der Waals surface area contributed by atoms with E-state index in [0.29, 0.717) is 23.6 Å². The summed E-state index contributed by atoms with van der Waals surface area (Å²) in [6, 6.07) is 18.8. The molecule has 0 aliphatic carbocycles. The molecule has 0 unspecified atom stereocenters. The molecule has 0 bridgehead atoms. The number of rotatable bonds is 5. The van der Waals surface area contributed by atoms with Gasteiger partial charge in [0.15, 0.2) is 11.5 Å². The Kier molecular flexibility index (Phi) is 4.61. The second kappa shape index (κ2) is 7.71. The molecule has 4 aromatic rings. The lowest BCUT2D eigenvalue weighted by molar-refractivity contribution is 0.102. The second-order valence-corrected chi connectivity index (χ2v) is 6.81. The van der Waals surface area contributed by atoms with Crippen molar-refractivity contribution in [3.8, 4) is 11.5 Å². The number of nitrogens with one attached hydrogen (secondary N) is 2. The normalized spacial score (nSPS) is 12.0. The van der Waals surface area contributed by atoms with Gasteiger partial charge in [0.2, 0.25) is 6.79 Å². The largest absolute Gasteiger partial charge is 0.454 e. The fourth-order valence-corrected chi connectivity index (χ4v) is 3.28. The highest BCUT2D eigenvalue weighted by Crippen LogP contribution is 2.32. The highest BCUT2D eigenvalue weighted by molar-refractivity contribution is 6.08. The van der Waals surface area contributed by atoms with Crippen LogP contribution in [0.25, 0.3) is 10.9 Å². The summed E-state index contributed by atoms with van der Waals surface area (Å²) >= 11 is 0. The maximum Gasteiger partial charge on any atom is 0.257 e. The molecule has 7 nitrogen and oxygen atoms in total. The lowest BCUT2D eigenvalue weighted by Gasteiger charge is -2.09. The molecule has 2 aromatic heterocycles. The van der Waals surface area contributed by atoms with Crippen LogP contribution in [0.5, 0.6) is 11.5 Å². The molecule has 5 rings (SSSR count). The first-order valence-corrected chi connectivity index (χ1v) is 9.50. The van der Waals surface area contributed by atoms with Gasteiger partial charge in [0.25, 0.3) is 5.91 Å². The summed E-state index contributed by atoms with van der Waals surface area (Å²) in [7, 11) is 0. The first-order chi connectivity index (χ1) is 14.8. The molecule has 0 spiro atoms. The van der Waals surface area contributed by atoms with Gasteiger partial charge in [-0.3, -0.25) is 9.78 Å². The molecule has 0 saturated carbocycles. The van der Waals surface area contributed by atoms with Crippen molar-refractivity contribution in [1.82, 2.24) is 9.97 Å². The number of anilines is 2. The average molecular weight is 398 g/mol. The van der Waals surface area contributed by atoms with Crippen molar-refractivity contribution in [3.63, 3.8) is 0 Å². The van der Waals surface area contributed by atoms with Crippen LogP contribution in [0.1, 0.15) is 15.9 Å². The maximum absolute atomic E-state index is 12.6. The molecule has 0 atom stereocenters. The van der Waals surface area contributed by atoms with E-state index in [9.17, 15) is 4.79 Å². The Bertz CT molecular complexity index is 1220. The van der Waals surface area contributed by atoms with E-state index in [-0.39, 0.29) is 12.7 Å². The Labute approximate surface area is 172 Å². The van der Waals surface area contributed by atoms with Crippen molar-refractivity contribution >= 4 is 28.3 Å². The van der Waals surface area contributed by atoms with Crippen molar-refractivity contribution < 1.29 is 14.3 Å². The lowest BCUT2D eigenvalue weighted by Crippen LogP contribution is -2.13. The van der Waals surface area contributed by atoms with Crippen LogP contribution < -0.4 is 20.1 Å². The summed E-state index contributed by atoms with van der Waals surface area (Å²) in [6.45, 7) is 0.836. The molecule has 1 aliphatic heterocycles. The molecule has 2 N–H and O–H groups in total. The Balaban J connectivity index is 1.25. The van der Waals surface area contributed by atoms with Gasteiger partial charge in [0.05, 0.1) is 16.8 Å². The number of aromatic nitrogens is 2. The molecule has 3 heterocycles. The Morgan fingerprint density at radius 1 is 0.967 bits per heavy atom. The van der Waals surface area contributed by atoms with Crippen molar-refractivity contribution in [2.75, 3.05) is 17.4 Å². The van der Waals surface area contributed by atoms with E-state index in [0.717, 1.165) is 28.0 Å². The monoisotopic (exact) mass is 398 g/mol. The zero-order valence-corrected chi connectivity index (χ0v) is 16.0. The predicted molar refractivity (Wildman–Crippen MR) is 114 cm³/mol. The molecule has 2 aromatic carbocycles. The Morgan fingerprint density at radius 2 is 1.87 bits per heavy atom. The van der Waals surface area contributed by atoms with Crippen LogP contribution >= 0.6 is 0 Å². The third-order valence-corrected chi connectivity index (χ3v) is 4.82. The van der Waals surface area contributed by atoms with Crippen molar-refractivity contribution in [2.24, 2.45) is 0 Å². The third-order valence-electron chi connectivity index (χ3n) is 4.82. The minimum Gasteiger partial charge on any atom is -0.454 e. The van der Waals surface area contributed by atoms with E-state index in [1.807, 2.05) is 48.5 Å². The Morgan fingerprint density at radius 3 is 2.77 bits per heavy atom. The quantitative estimate of drug-likeness (QED) is 0.524. The molecule has 0 radical (unpaired) electrons. The zero-order chi connectivity index (χ0) is 20.3. The number of amides is 1. The standard InChI is InChI=1S/C23H18N4O3/c28-23(27-18-5-1-3-16-4-2-10-24-22(16)18)17-7-9-21(26-13-17)25-12-15-6-8-19-20(11-15)30-14-29-19/h1-11,13H,12,14H2,(H,25,26)(H,27,28). The average Bonchev–Trinajstić information content (AvgIpc) is 3.26. The fourth-order valence-electron chi connectivity index (χ4n) is 3.28. The van der Waals surface area contributed by atoms with Crippen LogP contribution in [0, 0.1) is 0 Å². The first kappa shape index (κ1) is 17.9. The van der Waals surface area contributed by atoms with Crippen molar-refractivity contribution in [3.05, 3.63) is 84.2 Å². The van der Waals surface area contributed by atoms with E-state index in [1.165, 1.54) is 0 Å². The predicted octanol–water partition coefficient (Wildman–Crippen LogP) is 4.22. The molecule has 148 valence electrons. The summed E-state index contributed by atoms with van der Waals surface area (Å²) in [5.74, 6) is 1.95. The minimum atomic E-state index is -0.233. The summed E-state index contributed by atoms with van der Waals surface area (Å²) < 4.78 is 10.7. The number of hydrogen-bond donors (Lipinski definition) is 2. The number of hydrogen-bond acceptors (Lipinski definition) is 6. The molecule has 30 heavy (non-hydrogen) atoms. The van der Waals surface area contributed by atoms with Crippen LogP contribution in [0.4, 0.5) is 11.5 Å². The smallest absolute Gasteiger partial charge is 0.257 e. The minimum absolute atomic E-state index is 0.233. The van der Waals surface area contributed by atoms with Gasteiger partial charge in [-0.1, -0.05) is 24.3 Å². The highest BCUT2D eigenvalue weighted by atomic mass is 16.7. The van der Waals surface area contributed by atoms with Gasteiger partial charge in [-0.2, -0.15) is 0 Å². The zero-order valence-electron chi connectivity index (χ0n) is 16.0. The topological polar surface area (TPSA) is 85.4 Å². The molecule has 1 amide bonds. The number of pyridine rings is 2. The third kappa shape index (κ3) is 3.60. The van der Waals surface area contributed by atoms with E-state index < -0.39 is 0 Å². The number of para-hydroxylation sites is 1. The summed E-state index contributed by atoms with van der Waals surface area (Å²) in [4.78, 5) is 21.3. The SMILES string of the molecule is O=C(Nc1cccc2cccnc12)c1ccc(NCc2ccc3c(c2)OCO3)nc1. The number of carbonyl (C=O) groups is 1. The highest BCUT2D eigenvalue weighted by Gasteiger charge is 2.13. The molecular weight excluding hydrogens is 380 g/mol. The molecule has 7 heteroatoms. The lowest BCUT2D eigenvalue weighted by atomic mass is 10.2. The van der Waals surface area contributed by atoms with Crippen molar-refractivity contribution in [1.29, 1.82) is 0 Å². The summed E-state index contributed by atoms with van der Waals surface area (Å²) in [5, 5.41) is 7.13. The molecule has 0 saturated heterocycles. The van der Waals surface area contributed by atoms with Gasteiger partial charge < -0.3 is 20.1 Å². The number of carbonyl (C=O) groups excluding carboxylic acids is 1. The van der Waals surface area contributed by atoms with Crippen LogP contribution in [0.3, 0.4) is 0 Å². The van der Waals surface area contributed by atoms with Crippen LogP contribution in [0.15, 0.2) is 73.1 Å². The summed E-state index contributed by atoms with van der Waals surface area (Å²) in [5.41, 5.74) is 2.94. The van der Waals surface area contributed by atoms with Gasteiger partial charge in [0.1, 0.15) is 5.82 Å². The van der Waals surface area contributed by atoms with E-state index >= 15 is 0 Å². The van der Waals surface area contributed by atoms with E-state index in [1.54, 1.807) is 24.5 Å². The van der Waals surface area contributed by atoms with Crippen LogP contribution in [-0.2, 0) is 6.54 Å². The van der Waals surface area contributed by atoms with Gasteiger partial charge in [-0.05, 0) is 42.0 Å². The molecular formula is C23H18N4O3. The van der Waals surface area contributed by atoms with Gasteiger partial charge in [-0.25, -0.2) is 4.98 Å². The first-order valence-electron chi connectivity index (χ1n) is 9.50. The van der Waals surface area contributed by atoms with Gasteiger partial charge >= 0.3 is 0 Å². The number of ether oxygens (including phenoxy) is 2. The maximum atomic E-state index is 12.6. The van der Waals surface area contributed by atoms with E-state index in [2.05, 4.69) is 20.6 Å². The molecule has 1 aliphatic rings. The van der Waals surface area contributed by atoms with E-state index in [4.69, 9.17) is 9.47 Å².